The maximum atomic E-state index is 12.3. The van der Waals surface area contributed by atoms with E-state index in [0.29, 0.717) is 6.54 Å². The third-order valence-corrected chi connectivity index (χ3v) is 5.19. The smallest absolute Gasteiger partial charge is 0.238 e. The van der Waals surface area contributed by atoms with Crippen molar-refractivity contribution >= 4 is 17.3 Å². The lowest BCUT2D eigenvalue weighted by molar-refractivity contribution is -0.117. The Labute approximate surface area is 146 Å². The first-order valence-electron chi connectivity index (χ1n) is 9.68. The Morgan fingerprint density at radius 3 is 2.00 bits per heavy atom. The largest absolute Gasteiger partial charge is 0.372 e. The molecule has 24 heavy (non-hydrogen) atoms. The summed E-state index contributed by atoms with van der Waals surface area (Å²) in [6, 6.07) is 8.35. The number of anilines is 2. The number of amides is 1. The second-order valence-electron chi connectivity index (χ2n) is 7.19. The Kier molecular flexibility index (Phi) is 6.53. The van der Waals surface area contributed by atoms with Crippen LogP contribution in [0.5, 0.6) is 0 Å². The lowest BCUT2D eigenvalue weighted by atomic mass is 10.1. The Morgan fingerprint density at radius 2 is 1.33 bits per heavy atom. The molecule has 0 bridgehead atoms. The van der Waals surface area contributed by atoms with Gasteiger partial charge in [-0.05, 0) is 69.5 Å². The molecule has 0 spiro atoms. The molecule has 0 aromatic heterocycles. The lowest BCUT2D eigenvalue weighted by Gasteiger charge is -2.29. The first-order chi connectivity index (χ1) is 11.8. The summed E-state index contributed by atoms with van der Waals surface area (Å²) < 4.78 is 0. The summed E-state index contributed by atoms with van der Waals surface area (Å²) in [4.78, 5) is 17.0. The van der Waals surface area contributed by atoms with Crippen molar-refractivity contribution in [2.24, 2.45) is 0 Å². The van der Waals surface area contributed by atoms with E-state index in [1.54, 1.807) is 0 Å². The van der Waals surface area contributed by atoms with Crippen LogP contribution in [0, 0.1) is 0 Å². The highest BCUT2D eigenvalue weighted by Crippen LogP contribution is 2.21. The van der Waals surface area contributed by atoms with Crippen molar-refractivity contribution in [1.82, 2.24) is 4.90 Å². The Bertz CT molecular complexity index is 500. The fraction of sp³-hybridized carbons (Fsp3) is 0.650. The van der Waals surface area contributed by atoms with Gasteiger partial charge in [-0.1, -0.05) is 19.3 Å². The van der Waals surface area contributed by atoms with E-state index in [1.807, 2.05) is 12.1 Å². The van der Waals surface area contributed by atoms with Crippen LogP contribution < -0.4 is 10.2 Å². The second-order valence-corrected chi connectivity index (χ2v) is 7.19. The molecule has 0 saturated carbocycles. The molecule has 132 valence electrons. The van der Waals surface area contributed by atoms with Crippen molar-refractivity contribution < 1.29 is 4.79 Å². The van der Waals surface area contributed by atoms with Crippen molar-refractivity contribution in [2.75, 3.05) is 42.9 Å². The van der Waals surface area contributed by atoms with Crippen molar-refractivity contribution in [3.8, 4) is 0 Å². The topological polar surface area (TPSA) is 35.6 Å². The number of carbonyl (C=O) groups is 1. The van der Waals surface area contributed by atoms with Crippen LogP contribution in [0.4, 0.5) is 11.4 Å². The average molecular weight is 329 g/mol. The third-order valence-electron chi connectivity index (χ3n) is 5.19. The molecule has 1 N–H and O–H groups in total. The zero-order valence-corrected chi connectivity index (χ0v) is 14.8. The third kappa shape index (κ3) is 5.23. The summed E-state index contributed by atoms with van der Waals surface area (Å²) in [5.41, 5.74) is 2.18. The summed E-state index contributed by atoms with van der Waals surface area (Å²) in [7, 11) is 0. The van der Waals surface area contributed by atoms with Crippen LogP contribution in [0.25, 0.3) is 0 Å². The van der Waals surface area contributed by atoms with Gasteiger partial charge in [0.2, 0.25) is 5.91 Å². The van der Waals surface area contributed by atoms with Gasteiger partial charge in [0.1, 0.15) is 0 Å². The Morgan fingerprint density at radius 1 is 0.792 bits per heavy atom. The van der Waals surface area contributed by atoms with Crippen LogP contribution in [0.15, 0.2) is 24.3 Å². The minimum atomic E-state index is 0.112. The summed E-state index contributed by atoms with van der Waals surface area (Å²) in [5, 5.41) is 3.06. The maximum Gasteiger partial charge on any atom is 0.238 e. The molecule has 4 heteroatoms. The molecule has 1 aromatic rings. The van der Waals surface area contributed by atoms with Crippen molar-refractivity contribution in [1.29, 1.82) is 0 Å². The number of hydrogen-bond donors (Lipinski definition) is 1. The van der Waals surface area contributed by atoms with E-state index in [0.717, 1.165) is 31.9 Å². The van der Waals surface area contributed by atoms with Crippen LogP contribution >= 0.6 is 0 Å². The molecule has 2 heterocycles. The number of nitrogens with one attached hydrogen (secondary N) is 1. The standard InChI is InChI=1S/C20H31N3O/c24-20(17-22-13-5-2-1-3-6-14-22)21-18-9-11-19(12-10-18)23-15-7-4-8-16-23/h9-12H,1-8,13-17H2,(H,21,24). The van der Waals surface area contributed by atoms with Gasteiger partial charge in [-0.15, -0.1) is 0 Å². The number of hydrogen-bond acceptors (Lipinski definition) is 3. The molecule has 2 fully saturated rings. The van der Waals surface area contributed by atoms with Gasteiger partial charge < -0.3 is 10.2 Å². The second kappa shape index (κ2) is 9.07. The van der Waals surface area contributed by atoms with Gasteiger partial charge in [-0.3, -0.25) is 9.69 Å². The molecule has 3 rings (SSSR count). The van der Waals surface area contributed by atoms with Crippen LogP contribution in [-0.4, -0.2) is 43.5 Å². The SMILES string of the molecule is O=C(CN1CCCCCCC1)Nc1ccc(N2CCCCC2)cc1. The molecule has 1 aromatic carbocycles. The summed E-state index contributed by atoms with van der Waals surface area (Å²) in [6.45, 7) is 4.94. The number of rotatable bonds is 4. The first-order valence-corrected chi connectivity index (χ1v) is 9.68. The van der Waals surface area contributed by atoms with Crippen LogP contribution in [0.3, 0.4) is 0 Å². The molecule has 1 amide bonds. The maximum absolute atomic E-state index is 12.3. The van der Waals surface area contributed by atoms with Gasteiger partial charge in [0, 0.05) is 24.5 Å². The normalized spacial score (nSPS) is 20.2. The summed E-state index contributed by atoms with van der Waals surface area (Å²) in [5.74, 6) is 0.112. The molecule has 0 aliphatic carbocycles. The quantitative estimate of drug-likeness (QED) is 0.910. The molecule has 0 atom stereocenters. The number of nitrogens with zero attached hydrogens (tertiary/aromatic N) is 2. The Balaban J connectivity index is 1.48. The number of likely N-dealkylation sites (tertiary alicyclic amines) is 1. The molecular weight excluding hydrogens is 298 g/mol. The van der Waals surface area contributed by atoms with E-state index in [-0.39, 0.29) is 5.91 Å². The minimum absolute atomic E-state index is 0.112. The predicted octanol–water partition coefficient (Wildman–Crippen LogP) is 3.88. The highest BCUT2D eigenvalue weighted by molar-refractivity contribution is 5.92. The fourth-order valence-corrected chi connectivity index (χ4v) is 3.78. The van der Waals surface area contributed by atoms with Gasteiger partial charge in [0.25, 0.3) is 0 Å². The fourth-order valence-electron chi connectivity index (χ4n) is 3.78. The van der Waals surface area contributed by atoms with Crippen LogP contribution in [-0.2, 0) is 4.79 Å². The van der Waals surface area contributed by atoms with E-state index < -0.39 is 0 Å². The zero-order valence-electron chi connectivity index (χ0n) is 14.8. The lowest BCUT2D eigenvalue weighted by Crippen LogP contribution is -2.35. The first kappa shape index (κ1) is 17.3. The monoisotopic (exact) mass is 329 g/mol. The van der Waals surface area contributed by atoms with E-state index in [4.69, 9.17) is 0 Å². The van der Waals surface area contributed by atoms with Gasteiger partial charge in [0.05, 0.1) is 6.54 Å². The molecule has 2 saturated heterocycles. The molecule has 0 radical (unpaired) electrons. The van der Waals surface area contributed by atoms with Gasteiger partial charge in [-0.2, -0.15) is 0 Å². The minimum Gasteiger partial charge on any atom is -0.372 e. The van der Waals surface area contributed by atoms with Crippen LogP contribution in [0.1, 0.15) is 51.4 Å². The summed E-state index contributed by atoms with van der Waals surface area (Å²) >= 11 is 0. The molecule has 2 aliphatic heterocycles. The highest BCUT2D eigenvalue weighted by Gasteiger charge is 2.13. The van der Waals surface area contributed by atoms with Gasteiger partial charge in [-0.25, -0.2) is 0 Å². The van der Waals surface area contributed by atoms with E-state index in [2.05, 4.69) is 27.2 Å². The predicted molar refractivity (Wildman–Crippen MR) is 101 cm³/mol. The van der Waals surface area contributed by atoms with Gasteiger partial charge >= 0.3 is 0 Å². The zero-order chi connectivity index (χ0) is 16.6. The number of carbonyl (C=O) groups excluding carboxylic acids is 1. The molecule has 0 unspecified atom stereocenters. The van der Waals surface area contributed by atoms with E-state index in [9.17, 15) is 4.79 Å². The van der Waals surface area contributed by atoms with Crippen molar-refractivity contribution in [3.63, 3.8) is 0 Å². The van der Waals surface area contributed by atoms with Crippen molar-refractivity contribution in [2.45, 2.75) is 51.4 Å². The average Bonchev–Trinajstić information content (AvgIpc) is 2.59. The molecular formula is C20H31N3O. The van der Waals surface area contributed by atoms with Crippen LogP contribution in [0.2, 0.25) is 0 Å². The number of piperidine rings is 1. The highest BCUT2D eigenvalue weighted by atomic mass is 16.2. The van der Waals surface area contributed by atoms with E-state index >= 15 is 0 Å². The van der Waals surface area contributed by atoms with Crippen molar-refractivity contribution in [3.05, 3.63) is 24.3 Å². The molecule has 4 nitrogen and oxygen atoms in total. The Hall–Kier alpha value is -1.55. The number of benzene rings is 1. The van der Waals surface area contributed by atoms with Gasteiger partial charge in [0.15, 0.2) is 0 Å². The van der Waals surface area contributed by atoms with E-state index in [1.165, 1.54) is 57.1 Å². The summed E-state index contributed by atoms with van der Waals surface area (Å²) in [6.07, 6.45) is 10.3. The molecule has 2 aliphatic rings.